The zero-order chi connectivity index (χ0) is 23.1. The van der Waals surface area contributed by atoms with Gasteiger partial charge in [-0.2, -0.15) is 0 Å². The normalized spacial score (nSPS) is 10.8. The molecule has 164 valence electrons. The lowest BCUT2D eigenvalue weighted by Gasteiger charge is -2.11. The van der Waals surface area contributed by atoms with Crippen LogP contribution < -0.4 is 14.2 Å². The van der Waals surface area contributed by atoms with Crippen molar-refractivity contribution >= 4 is 29.4 Å². The number of methoxy groups -OCH3 is 1. The van der Waals surface area contributed by atoms with Crippen molar-refractivity contribution < 1.29 is 28.2 Å². The van der Waals surface area contributed by atoms with Crippen LogP contribution in [0.3, 0.4) is 0 Å². The summed E-state index contributed by atoms with van der Waals surface area (Å²) >= 11 is 6.21. The molecule has 0 aliphatic rings. The molecule has 0 N–H and O–H groups in total. The van der Waals surface area contributed by atoms with Gasteiger partial charge in [-0.15, -0.1) is 0 Å². The number of hydrogen-bond acceptors (Lipinski definition) is 5. The Labute approximate surface area is 190 Å². The zero-order valence-corrected chi connectivity index (χ0v) is 18.2. The van der Waals surface area contributed by atoms with Gasteiger partial charge in [0.1, 0.15) is 11.6 Å². The molecule has 3 aromatic carbocycles. The highest BCUT2D eigenvalue weighted by Gasteiger charge is 2.12. The van der Waals surface area contributed by atoms with Crippen LogP contribution in [0.25, 0.3) is 6.08 Å². The van der Waals surface area contributed by atoms with E-state index in [-0.39, 0.29) is 11.5 Å². The molecule has 0 aliphatic heterocycles. The smallest absolute Gasteiger partial charge is 0.336 e. The Hall–Kier alpha value is -3.64. The second kappa shape index (κ2) is 10.6. The number of rotatable bonds is 8. The summed E-state index contributed by atoms with van der Waals surface area (Å²) in [5, 5.41) is 0.355. The predicted molar refractivity (Wildman–Crippen MR) is 120 cm³/mol. The van der Waals surface area contributed by atoms with Gasteiger partial charge in [-0.3, -0.25) is 4.79 Å². The summed E-state index contributed by atoms with van der Waals surface area (Å²) in [7, 11) is 1.50. The molecule has 0 saturated carbocycles. The van der Waals surface area contributed by atoms with Gasteiger partial charge in [0.05, 0.1) is 18.7 Å². The fraction of sp³-hybridized carbons (Fsp3) is 0.120. The standard InChI is InChI=1S/C25H20ClFO5/c1-3-31-22-15-16(14-21(26)25(22)30-2)4-13-23(28)32-20-11-7-18(8-12-20)24(29)17-5-9-19(27)10-6-17/h4-15H,3H2,1-2H3. The van der Waals surface area contributed by atoms with Crippen LogP contribution in [0.1, 0.15) is 28.4 Å². The van der Waals surface area contributed by atoms with E-state index >= 15 is 0 Å². The van der Waals surface area contributed by atoms with E-state index in [1.807, 2.05) is 6.92 Å². The average Bonchev–Trinajstić information content (AvgIpc) is 2.78. The highest BCUT2D eigenvalue weighted by Crippen LogP contribution is 2.36. The van der Waals surface area contributed by atoms with Crippen LogP contribution in [-0.2, 0) is 4.79 Å². The number of halogens is 2. The first-order chi connectivity index (χ1) is 15.4. The van der Waals surface area contributed by atoms with Gasteiger partial charge >= 0.3 is 5.97 Å². The minimum absolute atomic E-state index is 0.260. The lowest BCUT2D eigenvalue weighted by molar-refractivity contribution is -0.128. The fourth-order valence-corrected chi connectivity index (χ4v) is 3.20. The topological polar surface area (TPSA) is 61.8 Å². The first-order valence-electron chi connectivity index (χ1n) is 9.71. The lowest BCUT2D eigenvalue weighted by Crippen LogP contribution is -2.05. The molecule has 3 aromatic rings. The Morgan fingerprint density at radius 2 is 1.62 bits per heavy atom. The minimum atomic E-state index is -0.604. The molecule has 5 nitrogen and oxygen atoms in total. The Balaban J connectivity index is 1.67. The van der Waals surface area contributed by atoms with Crippen molar-refractivity contribution in [2.45, 2.75) is 6.92 Å². The lowest BCUT2D eigenvalue weighted by atomic mass is 10.0. The summed E-state index contributed by atoms with van der Waals surface area (Å²) in [5.74, 6) is -0.113. The van der Waals surface area contributed by atoms with E-state index in [2.05, 4.69) is 0 Å². The number of esters is 1. The number of benzene rings is 3. The van der Waals surface area contributed by atoms with Gasteiger partial charge in [-0.05, 0) is 79.2 Å². The molecular formula is C25H20ClFO5. The van der Waals surface area contributed by atoms with Crippen molar-refractivity contribution in [3.63, 3.8) is 0 Å². The van der Waals surface area contributed by atoms with Gasteiger partial charge in [0.15, 0.2) is 17.3 Å². The van der Waals surface area contributed by atoms with E-state index in [0.29, 0.717) is 39.8 Å². The number of ketones is 1. The zero-order valence-electron chi connectivity index (χ0n) is 17.4. The summed E-state index contributed by atoms with van der Waals surface area (Å²) in [6.07, 6.45) is 2.80. The molecule has 0 spiro atoms. The monoisotopic (exact) mass is 454 g/mol. The van der Waals surface area contributed by atoms with E-state index < -0.39 is 11.8 Å². The van der Waals surface area contributed by atoms with Gasteiger partial charge in [-0.25, -0.2) is 9.18 Å². The number of carbonyl (C=O) groups excluding carboxylic acids is 2. The van der Waals surface area contributed by atoms with E-state index in [1.54, 1.807) is 18.2 Å². The van der Waals surface area contributed by atoms with Crippen molar-refractivity contribution in [1.82, 2.24) is 0 Å². The largest absolute Gasteiger partial charge is 0.491 e. The molecule has 7 heteroatoms. The van der Waals surface area contributed by atoms with Crippen LogP contribution >= 0.6 is 11.6 Å². The van der Waals surface area contributed by atoms with Crippen molar-refractivity contribution in [3.05, 3.63) is 94.3 Å². The van der Waals surface area contributed by atoms with Crippen LogP contribution in [0.2, 0.25) is 5.02 Å². The van der Waals surface area contributed by atoms with Crippen LogP contribution in [0, 0.1) is 5.82 Å². The Bertz CT molecular complexity index is 1140. The maximum absolute atomic E-state index is 13.0. The summed E-state index contributed by atoms with van der Waals surface area (Å²) in [6, 6.07) is 14.7. The third-order valence-electron chi connectivity index (χ3n) is 4.39. The SMILES string of the molecule is CCOc1cc(C=CC(=O)Oc2ccc(C(=O)c3ccc(F)cc3)cc2)cc(Cl)c1OC. The Morgan fingerprint density at radius 1 is 1.00 bits per heavy atom. The first kappa shape index (κ1) is 23.0. The molecule has 0 amide bonds. The summed E-state index contributed by atoms with van der Waals surface area (Å²) in [6.45, 7) is 2.27. The second-order valence-corrected chi connectivity index (χ2v) is 6.99. The second-order valence-electron chi connectivity index (χ2n) is 6.58. The molecule has 0 aromatic heterocycles. The third-order valence-corrected chi connectivity index (χ3v) is 4.67. The molecule has 0 heterocycles. The van der Waals surface area contributed by atoms with Gasteiger partial charge in [-0.1, -0.05) is 11.6 Å². The van der Waals surface area contributed by atoms with E-state index in [4.69, 9.17) is 25.8 Å². The maximum atomic E-state index is 13.0. The van der Waals surface area contributed by atoms with E-state index in [1.165, 1.54) is 61.7 Å². The molecular weight excluding hydrogens is 435 g/mol. The minimum Gasteiger partial charge on any atom is -0.491 e. The van der Waals surface area contributed by atoms with Crippen molar-refractivity contribution in [3.8, 4) is 17.2 Å². The highest BCUT2D eigenvalue weighted by atomic mass is 35.5. The van der Waals surface area contributed by atoms with Gasteiger partial charge < -0.3 is 14.2 Å². The average molecular weight is 455 g/mol. The first-order valence-corrected chi connectivity index (χ1v) is 10.1. The van der Waals surface area contributed by atoms with Gasteiger partial charge in [0.2, 0.25) is 0 Å². The van der Waals surface area contributed by atoms with E-state index in [0.717, 1.165) is 0 Å². The molecule has 0 fully saturated rings. The van der Waals surface area contributed by atoms with Crippen LogP contribution in [0.15, 0.2) is 66.7 Å². The molecule has 0 unspecified atom stereocenters. The van der Waals surface area contributed by atoms with Crippen molar-refractivity contribution in [1.29, 1.82) is 0 Å². The van der Waals surface area contributed by atoms with Crippen LogP contribution in [0.4, 0.5) is 4.39 Å². The molecule has 0 atom stereocenters. The van der Waals surface area contributed by atoms with Crippen LogP contribution in [-0.4, -0.2) is 25.5 Å². The number of hydrogen-bond donors (Lipinski definition) is 0. The van der Waals surface area contributed by atoms with Crippen LogP contribution in [0.5, 0.6) is 17.2 Å². The molecule has 0 saturated heterocycles. The summed E-state index contributed by atoms with van der Waals surface area (Å²) in [5.41, 5.74) is 1.39. The Kier molecular flexibility index (Phi) is 7.63. The molecule has 3 rings (SSSR count). The fourth-order valence-electron chi connectivity index (χ4n) is 2.90. The van der Waals surface area contributed by atoms with E-state index in [9.17, 15) is 14.0 Å². The van der Waals surface area contributed by atoms with Gasteiger partial charge in [0, 0.05) is 17.2 Å². The molecule has 0 aliphatic carbocycles. The Morgan fingerprint density at radius 3 is 2.22 bits per heavy atom. The van der Waals surface area contributed by atoms with Gasteiger partial charge in [0.25, 0.3) is 0 Å². The summed E-state index contributed by atoms with van der Waals surface area (Å²) in [4.78, 5) is 24.6. The summed E-state index contributed by atoms with van der Waals surface area (Å²) < 4.78 is 29.0. The quantitative estimate of drug-likeness (QED) is 0.188. The van der Waals surface area contributed by atoms with Crippen molar-refractivity contribution in [2.24, 2.45) is 0 Å². The highest BCUT2D eigenvalue weighted by molar-refractivity contribution is 6.32. The molecule has 0 radical (unpaired) electrons. The number of carbonyl (C=O) groups is 2. The van der Waals surface area contributed by atoms with Crippen molar-refractivity contribution in [2.75, 3.05) is 13.7 Å². The maximum Gasteiger partial charge on any atom is 0.336 e. The third kappa shape index (κ3) is 5.74. The number of ether oxygens (including phenoxy) is 3. The molecule has 32 heavy (non-hydrogen) atoms. The molecule has 0 bridgehead atoms. The predicted octanol–water partition coefficient (Wildman–Crippen LogP) is 5.74.